The van der Waals surface area contributed by atoms with Crippen molar-refractivity contribution in [3.8, 4) is 0 Å². The lowest BCUT2D eigenvalue weighted by Crippen LogP contribution is -2.22. The van der Waals surface area contributed by atoms with Crippen LogP contribution in [0.2, 0.25) is 0 Å². The molecule has 3 aromatic rings. The quantitative estimate of drug-likeness (QED) is 0.647. The number of aromatic nitrogens is 1. The number of nitrogens with zero attached hydrogens (tertiary/aromatic N) is 2. The summed E-state index contributed by atoms with van der Waals surface area (Å²) in [5.74, 6) is -0.0749. The third-order valence-corrected chi connectivity index (χ3v) is 5.35. The van der Waals surface area contributed by atoms with E-state index in [9.17, 15) is 4.79 Å². The fraction of sp³-hybridized carbons (Fsp3) is 0.217. The van der Waals surface area contributed by atoms with Crippen molar-refractivity contribution in [3.63, 3.8) is 0 Å². The number of rotatable bonds is 3. The van der Waals surface area contributed by atoms with E-state index >= 15 is 0 Å². The Morgan fingerprint density at radius 2 is 1.70 bits per heavy atom. The lowest BCUT2D eigenvalue weighted by atomic mass is 9.81. The minimum Gasteiger partial charge on any atom is -0.464 e. The van der Waals surface area contributed by atoms with E-state index < -0.39 is 0 Å². The van der Waals surface area contributed by atoms with E-state index in [4.69, 9.17) is 9.73 Å². The summed E-state index contributed by atoms with van der Waals surface area (Å²) in [5.41, 5.74) is 5.93. The number of aliphatic imine (C=N–C) groups is 1. The molecule has 0 amide bonds. The maximum Gasteiger partial charge on any atom is 0.354 e. The molecule has 4 heteroatoms. The number of benzene rings is 2. The first-order chi connectivity index (χ1) is 13.1. The summed E-state index contributed by atoms with van der Waals surface area (Å²) >= 11 is 0. The monoisotopic (exact) mass is 358 g/mol. The Morgan fingerprint density at radius 1 is 1.00 bits per heavy atom. The van der Waals surface area contributed by atoms with E-state index in [0.717, 1.165) is 17.0 Å². The zero-order valence-corrected chi connectivity index (χ0v) is 15.7. The van der Waals surface area contributed by atoms with Crippen molar-refractivity contribution >= 4 is 11.7 Å². The number of ether oxygens (including phenoxy) is 1. The molecule has 0 saturated carbocycles. The largest absolute Gasteiger partial charge is 0.464 e. The van der Waals surface area contributed by atoms with Crippen molar-refractivity contribution in [3.05, 3.63) is 94.8 Å². The Balaban J connectivity index is 1.89. The summed E-state index contributed by atoms with van der Waals surface area (Å²) in [7, 11) is 3.28. The van der Waals surface area contributed by atoms with E-state index in [1.54, 1.807) is 6.07 Å². The van der Waals surface area contributed by atoms with Crippen LogP contribution in [0.25, 0.3) is 0 Å². The maximum absolute atomic E-state index is 12.0. The summed E-state index contributed by atoms with van der Waals surface area (Å²) in [4.78, 5) is 17.2. The molecule has 27 heavy (non-hydrogen) atoms. The highest BCUT2D eigenvalue weighted by Gasteiger charge is 2.30. The number of fused-ring (bicyclic) bond motifs is 1. The third kappa shape index (κ3) is 2.87. The maximum atomic E-state index is 12.0. The molecule has 0 aliphatic carbocycles. The minimum atomic E-state index is -0.346. The third-order valence-electron chi connectivity index (χ3n) is 5.35. The summed E-state index contributed by atoms with van der Waals surface area (Å²) in [5, 5.41) is 0. The number of carbonyl (C=O) groups is 1. The van der Waals surface area contributed by atoms with Crippen molar-refractivity contribution in [2.75, 3.05) is 7.11 Å². The molecular formula is C23H22N2O2. The van der Waals surface area contributed by atoms with Crippen molar-refractivity contribution in [1.82, 2.24) is 4.57 Å². The molecule has 2 unspecified atom stereocenters. The minimum absolute atomic E-state index is 0.0348. The van der Waals surface area contributed by atoms with Gasteiger partial charge in [-0.1, -0.05) is 61.5 Å². The first-order valence-corrected chi connectivity index (χ1v) is 9.08. The van der Waals surface area contributed by atoms with Gasteiger partial charge in [-0.05, 0) is 23.3 Å². The zero-order chi connectivity index (χ0) is 19.0. The van der Waals surface area contributed by atoms with Gasteiger partial charge < -0.3 is 9.30 Å². The molecule has 2 aromatic carbocycles. The standard InChI is InChI=1S/C23H22N2O2/c1-15-17-11-7-8-12-18(17)22(24-21(15)16-9-5-4-6-10-16)19-13-14-20(25(19)2)23(26)27-3/h4-15,21H,1-3H3. The van der Waals surface area contributed by atoms with Crippen LogP contribution in [0.3, 0.4) is 0 Å². The zero-order valence-electron chi connectivity index (χ0n) is 15.7. The Morgan fingerprint density at radius 3 is 2.44 bits per heavy atom. The van der Waals surface area contributed by atoms with Crippen LogP contribution < -0.4 is 0 Å². The Hall–Kier alpha value is -3.14. The van der Waals surface area contributed by atoms with Gasteiger partial charge in [-0.3, -0.25) is 4.99 Å². The van der Waals surface area contributed by atoms with E-state index in [-0.39, 0.29) is 17.9 Å². The average Bonchev–Trinajstić information content (AvgIpc) is 3.10. The summed E-state index contributed by atoms with van der Waals surface area (Å²) in [6.07, 6.45) is 0. The second-order valence-electron chi connectivity index (χ2n) is 6.86. The van der Waals surface area contributed by atoms with E-state index in [1.807, 2.05) is 29.8 Å². The molecule has 4 nitrogen and oxygen atoms in total. The van der Waals surface area contributed by atoms with Gasteiger partial charge in [-0.25, -0.2) is 4.79 Å². The summed E-state index contributed by atoms with van der Waals surface area (Å²) < 4.78 is 6.76. The molecule has 136 valence electrons. The second-order valence-corrected chi connectivity index (χ2v) is 6.86. The molecule has 0 saturated heterocycles. The van der Waals surface area contributed by atoms with Crippen LogP contribution in [-0.4, -0.2) is 23.4 Å². The average molecular weight is 358 g/mol. The fourth-order valence-electron chi connectivity index (χ4n) is 3.88. The molecule has 1 aliphatic rings. The first-order valence-electron chi connectivity index (χ1n) is 9.08. The Kier molecular flexibility index (Phi) is 4.40. The lowest BCUT2D eigenvalue weighted by molar-refractivity contribution is 0.0590. The molecule has 0 bridgehead atoms. The number of carbonyl (C=O) groups excluding carboxylic acids is 1. The lowest BCUT2D eigenvalue weighted by Gasteiger charge is -2.30. The van der Waals surface area contributed by atoms with Crippen molar-refractivity contribution in [1.29, 1.82) is 0 Å². The van der Waals surface area contributed by atoms with E-state index in [0.29, 0.717) is 5.69 Å². The van der Waals surface area contributed by atoms with Crippen LogP contribution >= 0.6 is 0 Å². The predicted molar refractivity (Wildman–Crippen MR) is 106 cm³/mol. The SMILES string of the molecule is COC(=O)c1ccc(C2=NC(c3ccccc3)C(C)c3ccccc32)n1C. The highest BCUT2D eigenvalue weighted by molar-refractivity contribution is 6.14. The van der Waals surface area contributed by atoms with Crippen LogP contribution in [0.5, 0.6) is 0 Å². The number of methoxy groups -OCH3 is 1. The van der Waals surface area contributed by atoms with Crippen LogP contribution in [0.1, 0.15) is 51.8 Å². The highest BCUT2D eigenvalue weighted by atomic mass is 16.5. The number of hydrogen-bond acceptors (Lipinski definition) is 3. The van der Waals surface area contributed by atoms with E-state index in [1.165, 1.54) is 18.2 Å². The highest BCUT2D eigenvalue weighted by Crippen LogP contribution is 2.40. The molecule has 1 aliphatic heterocycles. The van der Waals surface area contributed by atoms with Gasteiger partial charge in [0.15, 0.2) is 0 Å². The van der Waals surface area contributed by atoms with Gasteiger partial charge in [-0.2, -0.15) is 0 Å². The number of esters is 1. The Bertz CT molecular complexity index is 1020. The van der Waals surface area contributed by atoms with Crippen LogP contribution in [0.15, 0.2) is 71.7 Å². The van der Waals surface area contributed by atoms with Crippen molar-refractivity contribution < 1.29 is 9.53 Å². The Labute approximate surface area is 159 Å². The smallest absolute Gasteiger partial charge is 0.354 e. The van der Waals surface area contributed by atoms with Gasteiger partial charge in [-0.15, -0.1) is 0 Å². The molecule has 0 radical (unpaired) electrons. The van der Waals surface area contributed by atoms with Gasteiger partial charge in [0.25, 0.3) is 0 Å². The molecule has 4 rings (SSSR count). The summed E-state index contributed by atoms with van der Waals surface area (Å²) in [6, 6.07) is 22.5. The van der Waals surface area contributed by atoms with E-state index in [2.05, 4.69) is 49.4 Å². The summed E-state index contributed by atoms with van der Waals surface area (Å²) in [6.45, 7) is 2.22. The van der Waals surface area contributed by atoms with Gasteiger partial charge in [0.2, 0.25) is 0 Å². The normalized spacial score (nSPS) is 18.6. The first kappa shape index (κ1) is 17.3. The number of hydrogen-bond donors (Lipinski definition) is 0. The molecule has 1 aromatic heterocycles. The molecule has 2 atom stereocenters. The fourth-order valence-corrected chi connectivity index (χ4v) is 3.88. The van der Waals surface area contributed by atoms with Crippen molar-refractivity contribution in [2.45, 2.75) is 18.9 Å². The van der Waals surface area contributed by atoms with Gasteiger partial charge in [0.05, 0.1) is 24.6 Å². The van der Waals surface area contributed by atoms with Crippen LogP contribution in [-0.2, 0) is 11.8 Å². The second kappa shape index (κ2) is 6.88. The van der Waals surface area contributed by atoms with Gasteiger partial charge in [0, 0.05) is 18.5 Å². The molecule has 0 N–H and O–H groups in total. The molecule has 2 heterocycles. The van der Waals surface area contributed by atoms with Crippen LogP contribution in [0.4, 0.5) is 0 Å². The molecular weight excluding hydrogens is 336 g/mol. The van der Waals surface area contributed by atoms with Crippen molar-refractivity contribution in [2.24, 2.45) is 12.0 Å². The van der Waals surface area contributed by atoms with Gasteiger partial charge >= 0.3 is 5.97 Å². The molecule has 0 fully saturated rings. The predicted octanol–water partition coefficient (Wildman–Crippen LogP) is 4.51. The molecule has 0 spiro atoms. The topological polar surface area (TPSA) is 43.6 Å². The van der Waals surface area contributed by atoms with Crippen LogP contribution in [0, 0.1) is 0 Å². The van der Waals surface area contributed by atoms with Gasteiger partial charge in [0.1, 0.15) is 5.69 Å².